The molecule has 0 N–H and O–H groups in total. The van der Waals surface area contributed by atoms with Crippen molar-refractivity contribution in [2.75, 3.05) is 26.4 Å². The summed E-state index contributed by atoms with van der Waals surface area (Å²) in [6, 6.07) is 12.1. The average molecular weight is 432 g/mol. The summed E-state index contributed by atoms with van der Waals surface area (Å²) in [5.41, 5.74) is 2.10. The Morgan fingerprint density at radius 3 is 1.90 bits per heavy atom. The highest BCUT2D eigenvalue weighted by Crippen LogP contribution is 2.35. The second-order valence-corrected chi connectivity index (χ2v) is 6.47. The molecule has 3 aromatic rings. The van der Waals surface area contributed by atoms with Crippen molar-refractivity contribution in [1.82, 2.24) is 4.98 Å². The van der Waals surface area contributed by atoms with Crippen molar-refractivity contribution in [1.29, 1.82) is 0 Å². The van der Waals surface area contributed by atoms with E-state index in [9.17, 15) is 0 Å². The first-order chi connectivity index (χ1) is 14.2. The van der Waals surface area contributed by atoms with E-state index in [-0.39, 0.29) is 13.8 Å². The number of benzene rings is 2. The Hall–Kier alpha value is -2.66. The van der Waals surface area contributed by atoms with Gasteiger partial charge in [-0.3, -0.25) is 4.98 Å². The predicted molar refractivity (Wildman–Crippen MR) is 117 cm³/mol. The van der Waals surface area contributed by atoms with E-state index in [4.69, 9.17) is 18.9 Å². The molecule has 0 radical (unpaired) electrons. The first-order valence-corrected chi connectivity index (χ1v) is 10.3. The van der Waals surface area contributed by atoms with Crippen molar-refractivity contribution in [2.45, 2.75) is 34.1 Å². The van der Waals surface area contributed by atoms with Gasteiger partial charge in [-0.15, -0.1) is 0 Å². The fourth-order valence-corrected chi connectivity index (χ4v) is 3.32. The Labute approximate surface area is 186 Å². The summed E-state index contributed by atoms with van der Waals surface area (Å²) < 4.78 is 23.0. The van der Waals surface area contributed by atoms with Gasteiger partial charge in [0.2, 0.25) is 0 Å². The average Bonchev–Trinajstić information content (AvgIpc) is 2.71. The fraction of sp³-hybridized carbons (Fsp3) is 0.375. The molecule has 5 nitrogen and oxygen atoms in total. The number of pyridine rings is 1. The molecule has 0 fully saturated rings. The predicted octanol–water partition coefficient (Wildman–Crippen LogP) is 2.54. The molecule has 3 rings (SSSR count). The summed E-state index contributed by atoms with van der Waals surface area (Å²) in [7, 11) is 0. The highest BCUT2D eigenvalue weighted by molar-refractivity contribution is 5.88. The maximum atomic E-state index is 5.81. The van der Waals surface area contributed by atoms with Crippen LogP contribution in [-0.4, -0.2) is 31.4 Å². The normalized spacial score (nSPS) is 10.4. The van der Waals surface area contributed by atoms with Gasteiger partial charge < -0.3 is 31.4 Å². The van der Waals surface area contributed by atoms with Crippen LogP contribution in [0, 0.1) is 0 Å². The summed E-state index contributed by atoms with van der Waals surface area (Å²) in [4.78, 5) is 4.65. The third-order valence-corrected chi connectivity index (χ3v) is 4.49. The van der Waals surface area contributed by atoms with Crippen molar-refractivity contribution < 1.29 is 32.8 Å². The SMILES string of the molecule is CCOc1ccc(Cc2nccc3cc(OCC)c(OCC)cc23)cc1OCC.[Cl-].[H+]. The first kappa shape index (κ1) is 23.6. The maximum Gasteiger partial charge on any atom is 1.00 e. The van der Waals surface area contributed by atoms with E-state index in [2.05, 4.69) is 11.1 Å². The van der Waals surface area contributed by atoms with Gasteiger partial charge in [0.05, 0.1) is 32.1 Å². The molecule has 2 aromatic carbocycles. The monoisotopic (exact) mass is 431 g/mol. The zero-order valence-corrected chi connectivity index (χ0v) is 18.8. The Morgan fingerprint density at radius 2 is 1.27 bits per heavy atom. The molecule has 1 heterocycles. The van der Waals surface area contributed by atoms with E-state index in [0.29, 0.717) is 32.8 Å². The van der Waals surface area contributed by atoms with Crippen LogP contribution in [0.15, 0.2) is 42.6 Å². The van der Waals surface area contributed by atoms with Crippen LogP contribution in [0.5, 0.6) is 23.0 Å². The van der Waals surface area contributed by atoms with Crippen molar-refractivity contribution in [2.24, 2.45) is 0 Å². The lowest BCUT2D eigenvalue weighted by atomic mass is 10.0. The number of halogens is 1. The Bertz CT molecular complexity index is 968. The van der Waals surface area contributed by atoms with E-state index < -0.39 is 0 Å². The second-order valence-electron chi connectivity index (χ2n) is 6.47. The Balaban J connectivity index is 0.00000240. The zero-order valence-electron chi connectivity index (χ0n) is 19.0. The van der Waals surface area contributed by atoms with Gasteiger partial charge in [-0.1, -0.05) is 6.07 Å². The minimum Gasteiger partial charge on any atom is -1.00 e. The van der Waals surface area contributed by atoms with Crippen molar-refractivity contribution >= 4 is 10.8 Å². The zero-order chi connectivity index (χ0) is 20.6. The number of hydrogen-bond acceptors (Lipinski definition) is 5. The highest BCUT2D eigenvalue weighted by atomic mass is 35.5. The molecule has 0 saturated heterocycles. The van der Waals surface area contributed by atoms with Gasteiger partial charge in [0, 0.05) is 18.0 Å². The van der Waals surface area contributed by atoms with Crippen LogP contribution in [0.3, 0.4) is 0 Å². The smallest absolute Gasteiger partial charge is 1.00 e. The number of ether oxygens (including phenoxy) is 4. The first-order valence-electron chi connectivity index (χ1n) is 10.3. The Kier molecular flexibility index (Phi) is 9.06. The van der Waals surface area contributed by atoms with Gasteiger partial charge in [0.25, 0.3) is 0 Å². The Morgan fingerprint density at radius 1 is 0.700 bits per heavy atom. The van der Waals surface area contributed by atoms with Crippen molar-refractivity contribution in [3.8, 4) is 23.0 Å². The molecule has 0 aliphatic rings. The maximum absolute atomic E-state index is 5.81. The number of hydrogen-bond donors (Lipinski definition) is 0. The van der Waals surface area contributed by atoms with Gasteiger partial charge in [0.1, 0.15) is 0 Å². The number of rotatable bonds is 10. The summed E-state index contributed by atoms with van der Waals surface area (Å²) in [6.45, 7) is 10.3. The standard InChI is InChI=1S/C24H29NO4.ClH/c1-5-26-21-10-9-17(14-22(21)27-6-2)13-20-19-16-24(29-8-4)23(28-7-3)15-18(19)11-12-25-20;/h9-12,14-16H,5-8,13H2,1-4H3;1H. The molecule has 0 amide bonds. The summed E-state index contributed by atoms with van der Waals surface area (Å²) >= 11 is 0. The third-order valence-electron chi connectivity index (χ3n) is 4.49. The van der Waals surface area contributed by atoms with Gasteiger partial charge in [-0.05, 0) is 69.0 Å². The molecule has 0 aliphatic carbocycles. The molecule has 0 atom stereocenters. The molecule has 1 aromatic heterocycles. The number of aromatic nitrogens is 1. The van der Waals surface area contributed by atoms with E-state index in [1.807, 2.05) is 64.2 Å². The van der Waals surface area contributed by atoms with Crippen LogP contribution in [-0.2, 0) is 6.42 Å². The minimum absolute atomic E-state index is 0. The van der Waals surface area contributed by atoms with Crippen molar-refractivity contribution in [3.05, 3.63) is 53.9 Å². The lowest BCUT2D eigenvalue weighted by molar-refractivity contribution is -0.00000791. The lowest BCUT2D eigenvalue weighted by Gasteiger charge is -2.15. The van der Waals surface area contributed by atoms with Crippen LogP contribution < -0.4 is 31.4 Å². The van der Waals surface area contributed by atoms with Crippen LogP contribution in [0.25, 0.3) is 10.8 Å². The van der Waals surface area contributed by atoms with Gasteiger partial charge in [-0.2, -0.15) is 0 Å². The molecule has 30 heavy (non-hydrogen) atoms. The molecule has 0 bridgehead atoms. The molecular weight excluding hydrogens is 402 g/mol. The number of fused-ring (bicyclic) bond motifs is 1. The highest BCUT2D eigenvalue weighted by Gasteiger charge is 2.13. The molecule has 0 saturated carbocycles. The van der Waals surface area contributed by atoms with Crippen LogP contribution in [0.4, 0.5) is 0 Å². The van der Waals surface area contributed by atoms with Crippen LogP contribution in [0.2, 0.25) is 0 Å². The molecule has 0 aliphatic heterocycles. The number of nitrogens with zero attached hydrogens (tertiary/aromatic N) is 1. The molecule has 6 heteroatoms. The fourth-order valence-electron chi connectivity index (χ4n) is 3.32. The summed E-state index contributed by atoms with van der Waals surface area (Å²) in [5.74, 6) is 3.04. The largest absolute Gasteiger partial charge is 1.00 e. The topological polar surface area (TPSA) is 49.8 Å². The third kappa shape index (κ3) is 5.48. The summed E-state index contributed by atoms with van der Waals surface area (Å²) in [5, 5.41) is 2.14. The molecule has 0 unspecified atom stereocenters. The molecule has 0 spiro atoms. The van der Waals surface area contributed by atoms with Crippen LogP contribution in [0.1, 0.15) is 40.4 Å². The van der Waals surface area contributed by atoms with Crippen LogP contribution >= 0.6 is 0 Å². The lowest BCUT2D eigenvalue weighted by Crippen LogP contribution is -3.00. The van der Waals surface area contributed by atoms with Gasteiger partial charge in [-0.25, -0.2) is 0 Å². The second kappa shape index (κ2) is 11.5. The van der Waals surface area contributed by atoms with E-state index in [1.54, 1.807) is 0 Å². The summed E-state index contributed by atoms with van der Waals surface area (Å²) in [6.07, 6.45) is 2.52. The quantitative estimate of drug-likeness (QED) is 0.493. The van der Waals surface area contributed by atoms with Crippen molar-refractivity contribution in [3.63, 3.8) is 0 Å². The van der Waals surface area contributed by atoms with Gasteiger partial charge in [0.15, 0.2) is 23.0 Å². The van der Waals surface area contributed by atoms with E-state index >= 15 is 0 Å². The molecule has 162 valence electrons. The van der Waals surface area contributed by atoms with E-state index in [0.717, 1.165) is 45.0 Å². The van der Waals surface area contributed by atoms with Gasteiger partial charge >= 0.3 is 1.43 Å². The van der Waals surface area contributed by atoms with E-state index in [1.165, 1.54) is 0 Å². The minimum atomic E-state index is 0. The molecular formula is C24H30ClNO4.